The van der Waals surface area contributed by atoms with E-state index in [2.05, 4.69) is 31.4 Å². The van der Waals surface area contributed by atoms with Gasteiger partial charge in [-0.25, -0.2) is 0 Å². The summed E-state index contributed by atoms with van der Waals surface area (Å²) in [6.07, 6.45) is 3.92. The molecule has 114 valence electrons. The zero-order valence-electron chi connectivity index (χ0n) is 12.7. The van der Waals surface area contributed by atoms with Gasteiger partial charge in [0.15, 0.2) is 0 Å². The number of halogens is 1. The van der Waals surface area contributed by atoms with E-state index in [0.717, 1.165) is 23.3 Å². The maximum atomic E-state index is 12.5. The topological polar surface area (TPSA) is 46.4 Å². The van der Waals surface area contributed by atoms with Crippen molar-refractivity contribution in [3.8, 4) is 0 Å². The molecule has 2 heterocycles. The first kappa shape index (κ1) is 15.8. The molecule has 1 fully saturated rings. The molecule has 4 nitrogen and oxygen atoms in total. The van der Waals surface area contributed by atoms with Crippen LogP contribution in [0.15, 0.2) is 23.4 Å². The standard InChI is InChI=1S/C11H11ClN3OS.3CH3.Sn/c1-11(2-3-11)14-17(16)9-4-8-6-13-7-15(8)10(12)5-9;;;;/h4-5,7,14H,2-3H2,1H3;3*1H3;. The average molecular weight is 433 g/mol. The van der Waals surface area contributed by atoms with Crippen molar-refractivity contribution in [2.45, 2.75) is 45.0 Å². The van der Waals surface area contributed by atoms with E-state index in [1.165, 1.54) is 3.71 Å². The van der Waals surface area contributed by atoms with Crippen LogP contribution in [0.2, 0.25) is 20.0 Å². The van der Waals surface area contributed by atoms with Gasteiger partial charge in [-0.2, -0.15) is 0 Å². The fraction of sp³-hybridized carbons (Fsp3) is 0.500. The molecule has 3 rings (SSSR count). The predicted octanol–water partition coefficient (Wildman–Crippen LogP) is 2.70. The summed E-state index contributed by atoms with van der Waals surface area (Å²) >= 11 is 4.01. The monoisotopic (exact) mass is 433 g/mol. The zero-order chi connectivity index (χ0) is 15.4. The Morgan fingerprint density at radius 2 is 2.05 bits per heavy atom. The van der Waals surface area contributed by atoms with Crippen molar-refractivity contribution in [2.75, 3.05) is 0 Å². The van der Waals surface area contributed by atoms with E-state index in [0.29, 0.717) is 5.15 Å². The molecule has 7 heteroatoms. The minimum absolute atomic E-state index is 0.0236. The number of hydrogen-bond acceptors (Lipinski definition) is 2. The van der Waals surface area contributed by atoms with Gasteiger partial charge in [-0.1, -0.05) is 0 Å². The van der Waals surface area contributed by atoms with Gasteiger partial charge in [0.25, 0.3) is 0 Å². The molecule has 0 bridgehead atoms. The van der Waals surface area contributed by atoms with E-state index in [1.54, 1.807) is 12.4 Å². The number of aromatic nitrogens is 2. The van der Waals surface area contributed by atoms with Crippen molar-refractivity contribution >= 4 is 50.2 Å². The van der Waals surface area contributed by atoms with Gasteiger partial charge in [0.1, 0.15) is 0 Å². The van der Waals surface area contributed by atoms with Gasteiger partial charge in [-0.3, -0.25) is 0 Å². The van der Waals surface area contributed by atoms with E-state index in [1.807, 2.05) is 10.5 Å². The van der Waals surface area contributed by atoms with Crippen molar-refractivity contribution in [3.05, 3.63) is 23.6 Å². The molecule has 0 aliphatic heterocycles. The minimum atomic E-state index is -2.33. The molecule has 1 aliphatic carbocycles. The van der Waals surface area contributed by atoms with E-state index >= 15 is 0 Å². The van der Waals surface area contributed by atoms with Gasteiger partial charge >= 0.3 is 137 Å². The van der Waals surface area contributed by atoms with Gasteiger partial charge in [-0.15, -0.1) is 0 Å². The van der Waals surface area contributed by atoms with E-state index < -0.39 is 29.4 Å². The summed E-state index contributed by atoms with van der Waals surface area (Å²) in [5.74, 6) is 0. The molecule has 0 radical (unpaired) electrons. The van der Waals surface area contributed by atoms with Crippen LogP contribution in [0.25, 0.3) is 5.52 Å². The average Bonchev–Trinajstić information content (AvgIpc) is 2.91. The summed E-state index contributed by atoms with van der Waals surface area (Å²) < 4.78 is 18.8. The number of fused-ring (bicyclic) bond motifs is 1. The second kappa shape index (κ2) is 5.21. The Balaban J connectivity index is 2.06. The van der Waals surface area contributed by atoms with Crippen LogP contribution in [0.4, 0.5) is 0 Å². The van der Waals surface area contributed by atoms with E-state index in [-0.39, 0.29) is 5.54 Å². The molecule has 21 heavy (non-hydrogen) atoms. The fourth-order valence-corrected chi connectivity index (χ4v) is 7.82. The molecule has 1 aliphatic rings. The molecule has 0 aromatic carbocycles. The summed E-state index contributed by atoms with van der Waals surface area (Å²) in [6, 6.07) is 3.75. The van der Waals surface area contributed by atoms with Crippen LogP contribution in [0.3, 0.4) is 0 Å². The van der Waals surface area contributed by atoms with Crippen LogP contribution in [-0.2, 0) is 11.0 Å². The summed E-state index contributed by atoms with van der Waals surface area (Å²) in [4.78, 5) is 12.3. The Kier molecular flexibility index (Phi) is 3.92. The van der Waals surface area contributed by atoms with Gasteiger partial charge in [0.2, 0.25) is 0 Å². The first-order valence-corrected chi connectivity index (χ1v) is 18.6. The zero-order valence-corrected chi connectivity index (χ0v) is 17.2. The van der Waals surface area contributed by atoms with Crippen molar-refractivity contribution < 1.29 is 4.21 Å². The second-order valence-electron chi connectivity index (χ2n) is 7.04. The van der Waals surface area contributed by atoms with Crippen LogP contribution >= 0.6 is 11.6 Å². The Morgan fingerprint density at radius 3 is 2.62 bits per heavy atom. The Labute approximate surface area is 136 Å². The number of nitrogens with zero attached hydrogens (tertiary/aromatic N) is 2. The van der Waals surface area contributed by atoms with Crippen LogP contribution < -0.4 is 8.43 Å². The van der Waals surface area contributed by atoms with Crippen LogP contribution in [0.5, 0.6) is 0 Å². The van der Waals surface area contributed by atoms with Gasteiger partial charge in [0, 0.05) is 0 Å². The molecule has 0 amide bonds. The molecule has 2 aromatic heterocycles. The van der Waals surface area contributed by atoms with Crippen LogP contribution in [0.1, 0.15) is 19.8 Å². The first-order chi connectivity index (χ1) is 9.70. The van der Waals surface area contributed by atoms with Crippen molar-refractivity contribution in [2.24, 2.45) is 0 Å². The van der Waals surface area contributed by atoms with Crippen molar-refractivity contribution in [1.82, 2.24) is 14.1 Å². The quantitative estimate of drug-likeness (QED) is 0.597. The number of imidazole rings is 1. The summed E-state index contributed by atoms with van der Waals surface area (Å²) in [7, 11) is -1.23. The molecule has 2 aromatic rings. The third-order valence-corrected chi connectivity index (χ3v) is 10.6. The van der Waals surface area contributed by atoms with E-state index in [9.17, 15) is 4.21 Å². The summed E-state index contributed by atoms with van der Waals surface area (Å²) in [5, 5.41) is 0.563. The van der Waals surface area contributed by atoms with E-state index in [4.69, 9.17) is 11.6 Å². The third-order valence-electron chi connectivity index (χ3n) is 3.84. The first-order valence-electron chi connectivity index (χ1n) is 7.06. The molecule has 0 saturated heterocycles. The maximum absolute atomic E-state index is 12.5. The van der Waals surface area contributed by atoms with Crippen LogP contribution in [-0.4, -0.2) is 37.5 Å². The van der Waals surface area contributed by atoms with Crippen LogP contribution in [0, 0.1) is 0 Å². The second-order valence-corrected chi connectivity index (χ2v) is 22.8. The molecule has 0 spiro atoms. The molecular weight excluding hydrogens is 412 g/mol. The number of nitrogens with one attached hydrogen (secondary N) is 1. The van der Waals surface area contributed by atoms with Gasteiger partial charge < -0.3 is 0 Å². The molecule has 1 saturated carbocycles. The van der Waals surface area contributed by atoms with Crippen molar-refractivity contribution in [1.29, 1.82) is 0 Å². The third kappa shape index (κ3) is 3.16. The van der Waals surface area contributed by atoms with Gasteiger partial charge in [-0.05, 0) is 0 Å². The summed E-state index contributed by atoms with van der Waals surface area (Å²) in [6.45, 7) is 2.10. The van der Waals surface area contributed by atoms with Crippen molar-refractivity contribution in [3.63, 3.8) is 0 Å². The Hall–Kier alpha value is -0.111. The molecule has 1 atom stereocenters. The number of hydrogen-bond donors (Lipinski definition) is 1. The Morgan fingerprint density at radius 1 is 1.38 bits per heavy atom. The number of rotatable bonds is 4. The Bertz CT molecular complexity index is 734. The SMILES string of the molecule is CC1(NS(=O)c2cc(Cl)n3cn[c]([Sn]([CH3])([CH3])[CH3])c3c2)CC1. The summed E-state index contributed by atoms with van der Waals surface area (Å²) in [5.41, 5.74) is 1.03. The van der Waals surface area contributed by atoms with Gasteiger partial charge in [0.05, 0.1) is 0 Å². The molecular formula is C14H20ClN3OSSn. The fourth-order valence-electron chi connectivity index (χ4n) is 2.29. The molecule has 1 unspecified atom stereocenters. The number of pyridine rings is 1. The normalized spacial score (nSPS) is 18.9. The predicted molar refractivity (Wildman–Crippen MR) is 90.4 cm³/mol. The molecule has 1 N–H and O–H groups in total.